The standard InChI is InChI=1S/C27H41N3O4S/c1-28(2)27(23-7-4-3-5-8-23)15-13-25(14-16-27)20-29(19-22-9-17-35(33,34)18-10-22)24(31)30(25)21-26(32)11-6-12-26/h3-5,7-8,22,32H,6,9-21H2,1-2H3. The Bertz CT molecular complexity index is 1020. The smallest absolute Gasteiger partial charge is 0.320 e. The molecule has 2 amide bonds. The topological polar surface area (TPSA) is 81.2 Å². The Hall–Kier alpha value is -1.64. The Morgan fingerprint density at radius 2 is 1.63 bits per heavy atom. The molecular weight excluding hydrogens is 462 g/mol. The molecule has 0 unspecified atom stereocenters. The highest BCUT2D eigenvalue weighted by molar-refractivity contribution is 7.91. The first kappa shape index (κ1) is 25.0. The van der Waals surface area contributed by atoms with E-state index in [0.717, 1.165) is 44.9 Å². The zero-order valence-electron chi connectivity index (χ0n) is 21.3. The van der Waals surface area contributed by atoms with Gasteiger partial charge in [0.2, 0.25) is 0 Å². The van der Waals surface area contributed by atoms with E-state index in [9.17, 15) is 18.3 Å². The fourth-order valence-corrected chi connectivity index (χ4v) is 8.62. The van der Waals surface area contributed by atoms with Crippen LogP contribution in [0, 0.1) is 5.92 Å². The van der Waals surface area contributed by atoms with E-state index in [4.69, 9.17) is 0 Å². The van der Waals surface area contributed by atoms with Crippen LogP contribution in [0.25, 0.3) is 0 Å². The van der Waals surface area contributed by atoms with E-state index in [1.165, 1.54) is 5.56 Å². The highest BCUT2D eigenvalue weighted by Crippen LogP contribution is 2.50. The van der Waals surface area contributed by atoms with Gasteiger partial charge in [0.05, 0.1) is 29.2 Å². The fourth-order valence-electron chi connectivity index (χ4n) is 7.03. The number of β-amino-alcohol motifs (C(OH)–C–C–N with tert-alkyl or cyclic N) is 1. The highest BCUT2D eigenvalue weighted by Gasteiger charge is 2.56. The van der Waals surface area contributed by atoms with Crippen molar-refractivity contribution >= 4 is 15.9 Å². The van der Waals surface area contributed by atoms with Gasteiger partial charge in [-0.05, 0) is 83.4 Å². The third-order valence-electron chi connectivity index (χ3n) is 9.62. The summed E-state index contributed by atoms with van der Waals surface area (Å²) in [6, 6.07) is 10.7. The third-order valence-corrected chi connectivity index (χ3v) is 11.3. The minimum absolute atomic E-state index is 0.0378. The summed E-state index contributed by atoms with van der Waals surface area (Å²) in [5.41, 5.74) is 0.248. The number of sulfone groups is 1. The Balaban J connectivity index is 1.37. The molecule has 5 rings (SSSR count). The van der Waals surface area contributed by atoms with E-state index in [0.29, 0.717) is 32.5 Å². The second kappa shape index (κ2) is 9.03. The number of nitrogens with zero attached hydrogens (tertiary/aromatic N) is 3. The summed E-state index contributed by atoms with van der Waals surface area (Å²) in [7, 11) is 1.39. The molecule has 2 saturated carbocycles. The van der Waals surface area contributed by atoms with Crippen LogP contribution in [0.2, 0.25) is 0 Å². The average molecular weight is 504 g/mol. The SMILES string of the molecule is CN(C)C1(c2ccccc2)CCC2(CC1)CN(CC1CCS(=O)(=O)CC1)C(=O)N2CC1(O)CCC1. The van der Waals surface area contributed by atoms with Gasteiger partial charge in [0.1, 0.15) is 9.84 Å². The van der Waals surface area contributed by atoms with Crippen molar-refractivity contribution in [3.63, 3.8) is 0 Å². The van der Waals surface area contributed by atoms with Crippen molar-refractivity contribution in [1.82, 2.24) is 14.7 Å². The van der Waals surface area contributed by atoms with Gasteiger partial charge in [-0.2, -0.15) is 0 Å². The Morgan fingerprint density at radius 1 is 1.00 bits per heavy atom. The second-order valence-electron chi connectivity index (χ2n) is 11.9. The van der Waals surface area contributed by atoms with E-state index in [-0.39, 0.29) is 34.5 Å². The van der Waals surface area contributed by atoms with Crippen LogP contribution in [0.4, 0.5) is 4.79 Å². The molecule has 4 fully saturated rings. The molecule has 1 aromatic carbocycles. The van der Waals surface area contributed by atoms with Gasteiger partial charge in [-0.3, -0.25) is 4.90 Å². The average Bonchev–Trinajstić information content (AvgIpc) is 3.06. The number of urea groups is 1. The first-order valence-corrected chi connectivity index (χ1v) is 15.1. The van der Waals surface area contributed by atoms with Crippen LogP contribution in [-0.4, -0.2) is 90.6 Å². The summed E-state index contributed by atoms with van der Waals surface area (Å²) in [5, 5.41) is 11.0. The van der Waals surface area contributed by atoms with Crippen LogP contribution in [0.3, 0.4) is 0 Å². The zero-order valence-corrected chi connectivity index (χ0v) is 22.1. The zero-order chi connectivity index (χ0) is 24.9. The number of hydrogen-bond donors (Lipinski definition) is 1. The predicted octanol–water partition coefficient (Wildman–Crippen LogP) is 3.23. The predicted molar refractivity (Wildman–Crippen MR) is 137 cm³/mol. The molecule has 2 aliphatic heterocycles. The first-order chi connectivity index (χ1) is 16.6. The van der Waals surface area contributed by atoms with Gasteiger partial charge in [0, 0.05) is 18.6 Å². The van der Waals surface area contributed by atoms with Crippen LogP contribution < -0.4 is 0 Å². The molecule has 1 N–H and O–H groups in total. The quantitative estimate of drug-likeness (QED) is 0.645. The number of carbonyl (C=O) groups excluding carboxylic acids is 1. The van der Waals surface area contributed by atoms with Crippen LogP contribution in [0.15, 0.2) is 30.3 Å². The molecule has 0 aromatic heterocycles. The molecule has 2 aliphatic carbocycles. The lowest BCUT2D eigenvalue weighted by molar-refractivity contribution is -0.0725. The summed E-state index contributed by atoms with van der Waals surface area (Å²) >= 11 is 0. The van der Waals surface area contributed by atoms with Crippen LogP contribution in [-0.2, 0) is 15.4 Å². The van der Waals surface area contributed by atoms with Crippen molar-refractivity contribution in [2.24, 2.45) is 5.92 Å². The largest absolute Gasteiger partial charge is 0.388 e. The molecular formula is C27H41N3O4S. The monoisotopic (exact) mass is 503 g/mol. The summed E-state index contributed by atoms with van der Waals surface area (Å²) in [5.74, 6) is 0.702. The van der Waals surface area contributed by atoms with Crippen molar-refractivity contribution in [2.45, 2.75) is 74.5 Å². The van der Waals surface area contributed by atoms with Crippen LogP contribution >= 0.6 is 0 Å². The number of hydrogen-bond acceptors (Lipinski definition) is 5. The summed E-state index contributed by atoms with van der Waals surface area (Å²) in [4.78, 5) is 20.1. The number of carbonyl (C=O) groups is 1. The van der Waals surface area contributed by atoms with Gasteiger partial charge in [0.15, 0.2) is 0 Å². The van der Waals surface area contributed by atoms with Gasteiger partial charge >= 0.3 is 6.03 Å². The van der Waals surface area contributed by atoms with Gasteiger partial charge in [-0.15, -0.1) is 0 Å². The third kappa shape index (κ3) is 4.62. The van der Waals surface area contributed by atoms with Crippen LogP contribution in [0.1, 0.15) is 63.4 Å². The van der Waals surface area contributed by atoms with E-state index in [2.05, 4.69) is 49.3 Å². The number of benzene rings is 1. The Labute approximate surface area is 210 Å². The summed E-state index contributed by atoms with van der Waals surface area (Å²) in [6.45, 7) is 1.73. The summed E-state index contributed by atoms with van der Waals surface area (Å²) in [6.07, 6.45) is 7.54. The van der Waals surface area contributed by atoms with E-state index >= 15 is 0 Å². The lowest BCUT2D eigenvalue weighted by Gasteiger charge is -2.52. The minimum Gasteiger partial charge on any atom is -0.388 e. The van der Waals surface area contributed by atoms with E-state index in [1.54, 1.807) is 0 Å². The number of rotatable bonds is 6. The molecule has 0 atom stereocenters. The molecule has 0 bridgehead atoms. The Kier molecular flexibility index (Phi) is 6.46. The fraction of sp³-hybridized carbons (Fsp3) is 0.741. The molecule has 7 nitrogen and oxygen atoms in total. The Morgan fingerprint density at radius 3 is 2.17 bits per heavy atom. The molecule has 8 heteroatoms. The molecule has 2 heterocycles. The second-order valence-corrected chi connectivity index (χ2v) is 14.2. The normalized spacial score (nSPS) is 30.1. The lowest BCUT2D eigenvalue weighted by atomic mass is 9.67. The lowest BCUT2D eigenvalue weighted by Crippen LogP contribution is -2.59. The highest BCUT2D eigenvalue weighted by atomic mass is 32.2. The van der Waals surface area contributed by atoms with Gasteiger partial charge in [0.25, 0.3) is 0 Å². The van der Waals surface area contributed by atoms with Gasteiger partial charge in [-0.1, -0.05) is 30.3 Å². The van der Waals surface area contributed by atoms with Gasteiger partial charge < -0.3 is 14.9 Å². The van der Waals surface area contributed by atoms with Crippen LogP contribution in [0.5, 0.6) is 0 Å². The van der Waals surface area contributed by atoms with Crippen molar-refractivity contribution < 1.29 is 18.3 Å². The van der Waals surface area contributed by atoms with Gasteiger partial charge in [-0.25, -0.2) is 13.2 Å². The van der Waals surface area contributed by atoms with E-state index < -0.39 is 15.4 Å². The van der Waals surface area contributed by atoms with Crippen molar-refractivity contribution in [2.75, 3.05) is 45.2 Å². The number of aliphatic hydroxyl groups is 1. The maximum atomic E-state index is 13.8. The van der Waals surface area contributed by atoms with E-state index in [1.807, 2.05) is 9.80 Å². The molecule has 35 heavy (non-hydrogen) atoms. The van der Waals surface area contributed by atoms with Crippen molar-refractivity contribution in [3.8, 4) is 0 Å². The number of amides is 2. The maximum absolute atomic E-state index is 13.8. The molecule has 0 radical (unpaired) electrons. The van der Waals surface area contributed by atoms with Crippen molar-refractivity contribution in [1.29, 1.82) is 0 Å². The van der Waals surface area contributed by atoms with Crippen molar-refractivity contribution in [3.05, 3.63) is 35.9 Å². The molecule has 4 aliphatic rings. The summed E-state index contributed by atoms with van der Waals surface area (Å²) < 4.78 is 23.8. The maximum Gasteiger partial charge on any atom is 0.320 e. The minimum atomic E-state index is -2.92. The molecule has 1 aromatic rings. The first-order valence-electron chi connectivity index (χ1n) is 13.3. The molecule has 1 spiro atoms. The molecule has 194 valence electrons. The molecule has 2 saturated heterocycles.